The first kappa shape index (κ1) is 11.8. The van der Waals surface area contributed by atoms with Gasteiger partial charge >= 0.3 is 0 Å². The quantitative estimate of drug-likeness (QED) is 0.688. The van der Waals surface area contributed by atoms with Gasteiger partial charge in [0.05, 0.1) is 0 Å². The van der Waals surface area contributed by atoms with Crippen LogP contribution in [-0.2, 0) is 9.59 Å². The summed E-state index contributed by atoms with van der Waals surface area (Å²) in [5.74, 6) is 0.985. The average Bonchev–Trinajstić information content (AvgIpc) is 2.63. The third kappa shape index (κ3) is 1.19. The van der Waals surface area contributed by atoms with Gasteiger partial charge in [-0.15, -0.1) is 0 Å². The Morgan fingerprint density at radius 1 is 1.38 bits per heavy atom. The van der Waals surface area contributed by atoms with Crippen molar-refractivity contribution in [1.29, 1.82) is 0 Å². The molecule has 0 radical (unpaired) electrons. The smallest absolute Gasteiger partial charge is 0.134 e. The van der Waals surface area contributed by atoms with Gasteiger partial charge in [0.15, 0.2) is 0 Å². The molecule has 0 spiro atoms. The third-order valence-corrected chi connectivity index (χ3v) is 5.53. The number of Topliss-reactive ketones (excluding diaryl/α,β-unsaturated/α-hetero) is 1. The molecule has 0 unspecified atom stereocenters. The van der Waals surface area contributed by atoms with Crippen LogP contribution in [0.1, 0.15) is 47.0 Å². The molecule has 90 valence electrons. The van der Waals surface area contributed by atoms with E-state index in [1.807, 2.05) is 0 Å². The zero-order valence-corrected chi connectivity index (χ0v) is 10.7. The minimum atomic E-state index is -0.0577. The molecule has 2 nitrogen and oxygen atoms in total. The maximum Gasteiger partial charge on any atom is 0.134 e. The van der Waals surface area contributed by atoms with Gasteiger partial charge in [-0.3, -0.25) is 4.79 Å². The van der Waals surface area contributed by atoms with Gasteiger partial charge in [-0.1, -0.05) is 20.8 Å². The zero-order chi connectivity index (χ0) is 12.1. The molecule has 2 aliphatic carbocycles. The Morgan fingerprint density at radius 3 is 2.38 bits per heavy atom. The lowest BCUT2D eigenvalue weighted by Crippen LogP contribution is -2.35. The van der Waals surface area contributed by atoms with Crippen molar-refractivity contribution in [2.24, 2.45) is 28.6 Å². The lowest BCUT2D eigenvalue weighted by molar-refractivity contribution is -0.127. The maximum absolute atomic E-state index is 12.0. The third-order valence-electron chi connectivity index (χ3n) is 5.53. The zero-order valence-electron chi connectivity index (χ0n) is 10.7. The highest BCUT2D eigenvalue weighted by atomic mass is 16.1. The summed E-state index contributed by atoms with van der Waals surface area (Å²) in [6.07, 6.45) is 4.18. The van der Waals surface area contributed by atoms with Crippen molar-refractivity contribution >= 4 is 12.1 Å². The number of carbonyl (C=O) groups excluding carboxylic acids is 2. The van der Waals surface area contributed by atoms with Gasteiger partial charge in [-0.05, 0) is 42.9 Å². The van der Waals surface area contributed by atoms with E-state index in [1.165, 1.54) is 0 Å². The van der Waals surface area contributed by atoms with Gasteiger partial charge in [0.25, 0.3) is 0 Å². The van der Waals surface area contributed by atoms with E-state index in [-0.39, 0.29) is 28.4 Å². The predicted octanol–water partition coefficient (Wildman–Crippen LogP) is 2.85. The summed E-state index contributed by atoms with van der Waals surface area (Å²) >= 11 is 0. The molecule has 2 heteroatoms. The van der Waals surface area contributed by atoms with Crippen molar-refractivity contribution < 1.29 is 9.59 Å². The topological polar surface area (TPSA) is 34.1 Å². The highest BCUT2D eigenvalue weighted by Crippen LogP contribution is 2.70. The lowest BCUT2D eigenvalue weighted by atomic mass is 9.68. The van der Waals surface area contributed by atoms with E-state index in [4.69, 9.17) is 0 Å². The molecule has 0 aromatic heterocycles. The van der Waals surface area contributed by atoms with E-state index in [1.54, 1.807) is 6.92 Å². The molecule has 2 bridgehead atoms. The molecular weight excluding hydrogens is 200 g/mol. The highest BCUT2D eigenvalue weighted by molar-refractivity contribution is 5.82. The summed E-state index contributed by atoms with van der Waals surface area (Å²) in [5, 5.41) is 0. The van der Waals surface area contributed by atoms with Crippen LogP contribution in [0.25, 0.3) is 0 Å². The molecule has 2 fully saturated rings. The molecule has 0 saturated heterocycles. The monoisotopic (exact) mass is 222 g/mol. The molecule has 0 N–H and O–H groups in total. The molecule has 16 heavy (non-hydrogen) atoms. The largest absolute Gasteiger partial charge is 0.303 e. The summed E-state index contributed by atoms with van der Waals surface area (Å²) in [4.78, 5) is 23.2. The van der Waals surface area contributed by atoms with E-state index in [9.17, 15) is 9.59 Å². The fourth-order valence-electron chi connectivity index (χ4n) is 4.64. The predicted molar refractivity (Wildman–Crippen MR) is 63.0 cm³/mol. The highest BCUT2D eigenvalue weighted by Gasteiger charge is 2.66. The lowest BCUT2D eigenvalue weighted by Gasteiger charge is -2.35. The Bertz CT molecular complexity index is 334. The van der Waals surface area contributed by atoms with Crippen LogP contribution in [-0.4, -0.2) is 12.1 Å². The van der Waals surface area contributed by atoms with Crippen molar-refractivity contribution in [2.45, 2.75) is 47.0 Å². The van der Waals surface area contributed by atoms with Gasteiger partial charge in [-0.2, -0.15) is 0 Å². The van der Waals surface area contributed by atoms with Gasteiger partial charge in [-0.25, -0.2) is 0 Å². The Balaban J connectivity index is 2.48. The van der Waals surface area contributed by atoms with Crippen LogP contribution >= 0.6 is 0 Å². The van der Waals surface area contributed by atoms with Gasteiger partial charge < -0.3 is 4.79 Å². The van der Waals surface area contributed by atoms with E-state index >= 15 is 0 Å². The molecule has 0 heterocycles. The maximum atomic E-state index is 12.0. The van der Waals surface area contributed by atoms with Crippen LogP contribution in [0.5, 0.6) is 0 Å². The minimum Gasteiger partial charge on any atom is -0.303 e. The Hall–Kier alpha value is -0.660. The van der Waals surface area contributed by atoms with Crippen molar-refractivity contribution in [3.63, 3.8) is 0 Å². The van der Waals surface area contributed by atoms with Crippen LogP contribution in [0, 0.1) is 28.6 Å². The number of hydrogen-bond donors (Lipinski definition) is 0. The van der Waals surface area contributed by atoms with E-state index in [0.29, 0.717) is 5.92 Å². The SMILES string of the molecule is CC(=O)[C@H]1[C@]2(C(C)C)CC[C@@]1(C)[C@H](C=O)C2. The first-order chi connectivity index (χ1) is 7.38. The normalized spacial score (nSPS) is 46.3. The average molecular weight is 222 g/mol. The molecule has 2 aliphatic rings. The summed E-state index contributed by atoms with van der Waals surface area (Å²) in [5.41, 5.74) is 0.0456. The van der Waals surface area contributed by atoms with Crippen molar-refractivity contribution in [2.75, 3.05) is 0 Å². The van der Waals surface area contributed by atoms with Crippen LogP contribution in [0.4, 0.5) is 0 Å². The van der Waals surface area contributed by atoms with Crippen LogP contribution in [0.3, 0.4) is 0 Å². The van der Waals surface area contributed by atoms with Gasteiger partial charge in [0, 0.05) is 11.8 Å². The number of aldehydes is 1. The second-order valence-corrected chi connectivity index (χ2v) is 6.38. The first-order valence-corrected chi connectivity index (χ1v) is 6.34. The van der Waals surface area contributed by atoms with E-state index < -0.39 is 0 Å². The summed E-state index contributed by atoms with van der Waals surface area (Å²) < 4.78 is 0. The molecule has 0 aromatic carbocycles. The summed E-state index contributed by atoms with van der Waals surface area (Å²) in [6.45, 7) is 8.26. The van der Waals surface area contributed by atoms with Crippen LogP contribution in [0.15, 0.2) is 0 Å². The Morgan fingerprint density at radius 2 is 2.00 bits per heavy atom. The standard InChI is InChI=1S/C14H22O2/c1-9(2)14-6-5-13(4,11(7-14)8-15)12(14)10(3)16/h8-9,11-12H,5-7H2,1-4H3/t11-,12+,13-,14+/m0/s1. The van der Waals surface area contributed by atoms with Crippen LogP contribution < -0.4 is 0 Å². The number of rotatable bonds is 3. The molecule has 0 aromatic rings. The first-order valence-electron chi connectivity index (χ1n) is 6.34. The molecule has 2 saturated carbocycles. The fourth-order valence-corrected chi connectivity index (χ4v) is 4.64. The van der Waals surface area contributed by atoms with E-state index in [2.05, 4.69) is 20.8 Å². The Labute approximate surface area is 97.8 Å². The molecular formula is C14H22O2. The second kappa shape index (κ2) is 3.41. The van der Waals surface area contributed by atoms with Crippen molar-refractivity contribution in [3.8, 4) is 0 Å². The van der Waals surface area contributed by atoms with Crippen molar-refractivity contribution in [1.82, 2.24) is 0 Å². The molecule has 0 amide bonds. The Kier molecular flexibility index (Phi) is 2.52. The molecule has 4 atom stereocenters. The van der Waals surface area contributed by atoms with Crippen LogP contribution in [0.2, 0.25) is 0 Å². The fraction of sp³-hybridized carbons (Fsp3) is 0.857. The molecule has 0 aliphatic heterocycles. The van der Waals surface area contributed by atoms with Crippen molar-refractivity contribution in [3.05, 3.63) is 0 Å². The molecule has 2 rings (SSSR count). The van der Waals surface area contributed by atoms with Gasteiger partial charge in [0.2, 0.25) is 0 Å². The second-order valence-electron chi connectivity index (χ2n) is 6.38. The number of fused-ring (bicyclic) bond motifs is 2. The summed E-state index contributed by atoms with van der Waals surface area (Å²) in [6, 6.07) is 0. The minimum absolute atomic E-state index is 0.0577. The number of ketones is 1. The number of hydrogen-bond acceptors (Lipinski definition) is 2. The number of carbonyl (C=O) groups is 2. The summed E-state index contributed by atoms with van der Waals surface area (Å²) in [7, 11) is 0. The van der Waals surface area contributed by atoms with E-state index in [0.717, 1.165) is 25.5 Å². The van der Waals surface area contributed by atoms with Gasteiger partial charge in [0.1, 0.15) is 12.1 Å².